The lowest BCUT2D eigenvalue weighted by Gasteiger charge is -2.26. The summed E-state index contributed by atoms with van der Waals surface area (Å²) >= 11 is 0. The topological polar surface area (TPSA) is 176 Å². The summed E-state index contributed by atoms with van der Waals surface area (Å²) in [5, 5.41) is 25.0. The van der Waals surface area contributed by atoms with Crippen molar-refractivity contribution in [1.82, 2.24) is 34.9 Å². The predicted octanol–water partition coefficient (Wildman–Crippen LogP) is -0.179. The Morgan fingerprint density at radius 2 is 2.09 bits per heavy atom. The highest BCUT2D eigenvalue weighted by Crippen LogP contribution is 2.41. The molecule has 2 aliphatic rings. The molecule has 0 unspecified atom stereocenters. The summed E-state index contributed by atoms with van der Waals surface area (Å²) in [7, 11) is 0. The number of rotatable bonds is 6. The van der Waals surface area contributed by atoms with Gasteiger partial charge in [0.1, 0.15) is 0 Å². The molecule has 0 aliphatic carbocycles. The molecule has 5 heterocycles. The molecule has 0 bridgehead atoms. The normalized spacial score (nSPS) is 21.0. The van der Waals surface area contributed by atoms with E-state index in [0.29, 0.717) is 25.4 Å². The van der Waals surface area contributed by atoms with E-state index in [1.807, 2.05) is 24.7 Å². The van der Waals surface area contributed by atoms with Gasteiger partial charge < -0.3 is 24.8 Å². The molecule has 13 heteroatoms. The standard InChI is InChI=1S/C19H23N7O2.2CH2O2/c27-18(22-8-16-15-2-1-3-21-17(15)24-23-16)19-11-26(9-14(19)10-28-12-19)7-6-25-5-4-20-13-25;2*2-1-3/h1-5,13-14H,6-12H2,(H,22,27)(H,21,23,24);2*1H,(H,2,3)/t14-,19-;;/m0../s1. The van der Waals surface area contributed by atoms with Crippen molar-refractivity contribution in [3.8, 4) is 0 Å². The van der Waals surface area contributed by atoms with E-state index in [-0.39, 0.29) is 24.8 Å². The summed E-state index contributed by atoms with van der Waals surface area (Å²) in [6.07, 6.45) is 7.29. The van der Waals surface area contributed by atoms with Crippen molar-refractivity contribution in [2.24, 2.45) is 11.3 Å². The number of nitrogens with one attached hydrogen (secondary N) is 2. The average molecular weight is 473 g/mol. The average Bonchev–Trinajstić information content (AvgIpc) is 3.61. The van der Waals surface area contributed by atoms with E-state index in [4.69, 9.17) is 24.5 Å². The van der Waals surface area contributed by atoms with E-state index < -0.39 is 5.41 Å². The van der Waals surface area contributed by atoms with Crippen LogP contribution in [0.25, 0.3) is 11.0 Å². The molecule has 13 nitrogen and oxygen atoms in total. The molecule has 2 aliphatic heterocycles. The molecule has 1 amide bonds. The molecule has 0 saturated carbocycles. The first-order valence-electron chi connectivity index (χ1n) is 10.6. The number of fused-ring (bicyclic) bond motifs is 2. The van der Waals surface area contributed by atoms with Crippen molar-refractivity contribution in [1.29, 1.82) is 0 Å². The second-order valence-electron chi connectivity index (χ2n) is 7.87. The summed E-state index contributed by atoms with van der Waals surface area (Å²) in [4.78, 5) is 40.6. The fraction of sp³-hybridized carbons (Fsp3) is 0.429. The molecule has 0 aromatic carbocycles. The van der Waals surface area contributed by atoms with Gasteiger partial charge in [-0.1, -0.05) is 0 Å². The first-order valence-corrected chi connectivity index (χ1v) is 10.6. The van der Waals surface area contributed by atoms with Gasteiger partial charge in [0.05, 0.1) is 37.2 Å². The third-order valence-corrected chi connectivity index (χ3v) is 5.96. The number of carbonyl (C=O) groups excluding carboxylic acids is 1. The minimum Gasteiger partial charge on any atom is -0.483 e. The monoisotopic (exact) mass is 473 g/mol. The van der Waals surface area contributed by atoms with Gasteiger partial charge in [-0.2, -0.15) is 5.10 Å². The fourth-order valence-electron chi connectivity index (χ4n) is 4.39. The summed E-state index contributed by atoms with van der Waals surface area (Å²) in [5.74, 6) is 0.294. The summed E-state index contributed by atoms with van der Waals surface area (Å²) in [5.41, 5.74) is 1.07. The number of carbonyl (C=O) groups is 3. The van der Waals surface area contributed by atoms with Crippen LogP contribution in [0.4, 0.5) is 0 Å². The zero-order valence-electron chi connectivity index (χ0n) is 18.4. The van der Waals surface area contributed by atoms with E-state index in [1.54, 1.807) is 12.4 Å². The van der Waals surface area contributed by atoms with Gasteiger partial charge in [-0.3, -0.25) is 24.4 Å². The third kappa shape index (κ3) is 5.55. The van der Waals surface area contributed by atoms with Crippen LogP contribution in [0.3, 0.4) is 0 Å². The maximum Gasteiger partial charge on any atom is 0.290 e. The van der Waals surface area contributed by atoms with Crippen LogP contribution in [0, 0.1) is 11.3 Å². The number of amides is 1. The Bertz CT molecular complexity index is 1070. The number of nitrogens with zero attached hydrogens (tertiary/aromatic N) is 5. The Labute approximate surface area is 194 Å². The van der Waals surface area contributed by atoms with Gasteiger partial charge in [0.15, 0.2) is 5.65 Å². The molecule has 3 aromatic rings. The minimum atomic E-state index is -0.469. The van der Waals surface area contributed by atoms with E-state index in [1.165, 1.54) is 0 Å². The van der Waals surface area contributed by atoms with E-state index in [9.17, 15) is 4.79 Å². The highest BCUT2D eigenvalue weighted by Gasteiger charge is 2.55. The van der Waals surface area contributed by atoms with Crippen molar-refractivity contribution < 1.29 is 29.3 Å². The van der Waals surface area contributed by atoms with Gasteiger partial charge in [-0.25, -0.2) is 9.97 Å². The largest absolute Gasteiger partial charge is 0.483 e. The van der Waals surface area contributed by atoms with Crippen LogP contribution in [0.15, 0.2) is 37.1 Å². The van der Waals surface area contributed by atoms with Gasteiger partial charge in [-0.05, 0) is 12.1 Å². The predicted molar refractivity (Wildman–Crippen MR) is 119 cm³/mol. The maximum absolute atomic E-state index is 13.2. The number of pyridine rings is 1. The quantitative estimate of drug-likeness (QED) is 0.351. The van der Waals surface area contributed by atoms with Crippen molar-refractivity contribution in [2.45, 2.75) is 13.1 Å². The lowest BCUT2D eigenvalue weighted by molar-refractivity contribution is -0.132. The number of imidazole rings is 1. The molecule has 0 radical (unpaired) electrons. The SMILES string of the molecule is O=C(NCc1[nH]nc2ncccc12)[C@@]12COC[C@@H]1CN(CCn1ccnc1)C2.O=CO.O=CO. The number of carboxylic acid groups (broad SMARTS) is 2. The van der Waals surface area contributed by atoms with Gasteiger partial charge in [-0.15, -0.1) is 0 Å². The van der Waals surface area contributed by atoms with Crippen LogP contribution < -0.4 is 5.32 Å². The number of aromatic nitrogens is 5. The van der Waals surface area contributed by atoms with E-state index in [0.717, 1.165) is 37.3 Å². The molecule has 34 heavy (non-hydrogen) atoms. The Morgan fingerprint density at radius 3 is 2.82 bits per heavy atom. The first-order chi connectivity index (χ1) is 16.6. The smallest absolute Gasteiger partial charge is 0.290 e. The summed E-state index contributed by atoms with van der Waals surface area (Å²) < 4.78 is 7.77. The molecule has 182 valence electrons. The van der Waals surface area contributed by atoms with Crippen LogP contribution in [0.2, 0.25) is 0 Å². The zero-order valence-corrected chi connectivity index (χ0v) is 18.4. The number of hydrogen-bond acceptors (Lipinski definition) is 8. The van der Waals surface area contributed by atoms with Crippen LogP contribution in [0.1, 0.15) is 5.69 Å². The Hall–Kier alpha value is -3.84. The second-order valence-corrected chi connectivity index (χ2v) is 7.87. The molecule has 0 spiro atoms. The molecule has 3 aromatic heterocycles. The number of likely N-dealkylation sites (tertiary alicyclic amines) is 1. The highest BCUT2D eigenvalue weighted by atomic mass is 16.5. The van der Waals surface area contributed by atoms with Crippen molar-refractivity contribution in [2.75, 3.05) is 32.8 Å². The van der Waals surface area contributed by atoms with Crippen molar-refractivity contribution in [3.05, 3.63) is 42.7 Å². The number of hydrogen-bond donors (Lipinski definition) is 4. The third-order valence-electron chi connectivity index (χ3n) is 5.96. The molecule has 2 fully saturated rings. The lowest BCUT2D eigenvalue weighted by Crippen LogP contribution is -2.46. The van der Waals surface area contributed by atoms with Gasteiger partial charge in [0.2, 0.25) is 5.91 Å². The Morgan fingerprint density at radius 1 is 1.29 bits per heavy atom. The van der Waals surface area contributed by atoms with Gasteiger partial charge in [0.25, 0.3) is 12.9 Å². The second kappa shape index (κ2) is 11.9. The minimum absolute atomic E-state index is 0.0618. The molecule has 2 saturated heterocycles. The van der Waals surface area contributed by atoms with Crippen molar-refractivity contribution >= 4 is 29.9 Å². The number of aromatic amines is 1. The van der Waals surface area contributed by atoms with E-state index >= 15 is 0 Å². The summed E-state index contributed by atoms with van der Waals surface area (Å²) in [6.45, 7) is 4.42. The van der Waals surface area contributed by atoms with Crippen LogP contribution in [0.5, 0.6) is 0 Å². The van der Waals surface area contributed by atoms with Crippen LogP contribution in [-0.4, -0.2) is 91.5 Å². The highest BCUT2D eigenvalue weighted by molar-refractivity contribution is 5.85. The Kier molecular flexibility index (Phi) is 8.65. The number of ether oxygens (including phenoxy) is 1. The number of H-pyrrole nitrogens is 1. The molecular weight excluding hydrogens is 446 g/mol. The molecular formula is C21H27N7O6. The molecule has 5 rings (SSSR count). The van der Waals surface area contributed by atoms with Gasteiger partial charge >= 0.3 is 0 Å². The Balaban J connectivity index is 0.000000492. The zero-order chi connectivity index (χ0) is 24.4. The first kappa shape index (κ1) is 24.8. The van der Waals surface area contributed by atoms with Crippen molar-refractivity contribution in [3.63, 3.8) is 0 Å². The van der Waals surface area contributed by atoms with Gasteiger partial charge in [0, 0.05) is 56.1 Å². The molecule has 4 N–H and O–H groups in total. The summed E-state index contributed by atoms with van der Waals surface area (Å²) in [6, 6.07) is 3.83. The van der Waals surface area contributed by atoms with Crippen LogP contribution >= 0.6 is 0 Å². The van der Waals surface area contributed by atoms with Crippen LogP contribution in [-0.2, 0) is 32.2 Å². The fourth-order valence-corrected chi connectivity index (χ4v) is 4.39. The maximum atomic E-state index is 13.2. The molecule has 2 atom stereocenters. The lowest BCUT2D eigenvalue weighted by atomic mass is 9.80. The van der Waals surface area contributed by atoms with E-state index in [2.05, 4.69) is 34.9 Å².